The van der Waals surface area contributed by atoms with Crippen LogP contribution >= 0.6 is 0 Å². The van der Waals surface area contributed by atoms with E-state index in [1.165, 1.54) is 11.1 Å². The van der Waals surface area contributed by atoms with Crippen molar-refractivity contribution < 1.29 is 0 Å². The van der Waals surface area contributed by atoms with Crippen molar-refractivity contribution in [2.75, 3.05) is 12.8 Å². The van der Waals surface area contributed by atoms with Crippen molar-refractivity contribution >= 4 is 11.9 Å². The minimum Gasteiger partial charge on any atom is -0.398 e. The Bertz CT molecular complexity index is 314. The summed E-state index contributed by atoms with van der Waals surface area (Å²) in [5.41, 5.74) is 10.1. The molecule has 1 aromatic carbocycles. The normalized spacial score (nSPS) is 10.9. The number of rotatable bonds is 1. The maximum atomic E-state index is 5.79. The van der Waals surface area contributed by atoms with Crippen LogP contribution in [-0.4, -0.2) is 13.3 Å². The Balaban J connectivity index is 3.23. The van der Waals surface area contributed by atoms with Crippen LogP contribution in [0.1, 0.15) is 16.7 Å². The Labute approximate surface area is 73.1 Å². The molecular weight excluding hydrogens is 148 g/mol. The fourth-order valence-corrected chi connectivity index (χ4v) is 1.11. The van der Waals surface area contributed by atoms with Gasteiger partial charge in [0.2, 0.25) is 0 Å². The van der Waals surface area contributed by atoms with E-state index >= 15 is 0 Å². The quantitative estimate of drug-likeness (QED) is 0.497. The topological polar surface area (TPSA) is 38.4 Å². The van der Waals surface area contributed by atoms with Crippen LogP contribution in [0.2, 0.25) is 0 Å². The molecule has 0 saturated carbocycles. The van der Waals surface area contributed by atoms with Crippen molar-refractivity contribution in [3.05, 3.63) is 28.8 Å². The maximum Gasteiger partial charge on any atom is 0.0405 e. The molecule has 12 heavy (non-hydrogen) atoms. The van der Waals surface area contributed by atoms with E-state index < -0.39 is 0 Å². The van der Waals surface area contributed by atoms with Crippen molar-refractivity contribution in [1.82, 2.24) is 0 Å². The van der Waals surface area contributed by atoms with Crippen molar-refractivity contribution in [3.63, 3.8) is 0 Å². The van der Waals surface area contributed by atoms with Crippen molar-refractivity contribution in [2.45, 2.75) is 13.8 Å². The number of hydrogen-bond acceptors (Lipinski definition) is 2. The average Bonchev–Trinajstić information content (AvgIpc) is 2.01. The molecule has 0 heterocycles. The van der Waals surface area contributed by atoms with Gasteiger partial charge in [-0.25, -0.2) is 0 Å². The van der Waals surface area contributed by atoms with Crippen molar-refractivity contribution in [2.24, 2.45) is 4.99 Å². The fourth-order valence-electron chi connectivity index (χ4n) is 1.11. The number of hydrogen-bond donors (Lipinski definition) is 1. The molecule has 0 saturated heterocycles. The summed E-state index contributed by atoms with van der Waals surface area (Å²) in [6.07, 6.45) is 1.78. The first-order chi connectivity index (χ1) is 5.65. The lowest BCUT2D eigenvalue weighted by molar-refractivity contribution is 1.33. The summed E-state index contributed by atoms with van der Waals surface area (Å²) < 4.78 is 0. The molecule has 0 spiro atoms. The van der Waals surface area contributed by atoms with Gasteiger partial charge in [0.05, 0.1) is 0 Å². The number of aryl methyl sites for hydroxylation is 2. The minimum atomic E-state index is 0.795. The molecule has 2 N–H and O–H groups in total. The third-order valence-corrected chi connectivity index (χ3v) is 1.97. The Morgan fingerprint density at radius 2 is 1.83 bits per heavy atom. The predicted molar refractivity (Wildman–Crippen MR) is 53.8 cm³/mol. The lowest BCUT2D eigenvalue weighted by Crippen LogP contribution is -1.95. The van der Waals surface area contributed by atoms with Gasteiger partial charge in [0.25, 0.3) is 0 Å². The highest BCUT2D eigenvalue weighted by molar-refractivity contribution is 5.87. The highest BCUT2D eigenvalue weighted by atomic mass is 14.6. The van der Waals surface area contributed by atoms with Gasteiger partial charge in [0, 0.05) is 24.5 Å². The molecule has 1 rings (SSSR count). The number of anilines is 1. The fraction of sp³-hybridized carbons (Fsp3) is 0.300. The number of nitrogen functional groups attached to an aromatic ring is 1. The van der Waals surface area contributed by atoms with Gasteiger partial charge < -0.3 is 5.73 Å². The Morgan fingerprint density at radius 1 is 1.25 bits per heavy atom. The van der Waals surface area contributed by atoms with Gasteiger partial charge in [-0.2, -0.15) is 0 Å². The van der Waals surface area contributed by atoms with Crippen LogP contribution in [0, 0.1) is 13.8 Å². The first-order valence-electron chi connectivity index (χ1n) is 3.94. The van der Waals surface area contributed by atoms with Gasteiger partial charge >= 0.3 is 0 Å². The van der Waals surface area contributed by atoms with Gasteiger partial charge in [-0.15, -0.1) is 0 Å². The standard InChI is InChI=1S/C10H14N2/c1-7-4-9(6-12-3)10(11)5-8(7)2/h4-6H,11H2,1-3H3. The smallest absolute Gasteiger partial charge is 0.0405 e. The van der Waals surface area contributed by atoms with Gasteiger partial charge in [-0.3, -0.25) is 4.99 Å². The predicted octanol–water partition coefficient (Wildman–Crippen LogP) is 1.93. The lowest BCUT2D eigenvalue weighted by atomic mass is 10.1. The van der Waals surface area contributed by atoms with E-state index in [0.29, 0.717) is 0 Å². The summed E-state index contributed by atoms with van der Waals surface area (Å²) in [5.74, 6) is 0. The monoisotopic (exact) mass is 162 g/mol. The largest absolute Gasteiger partial charge is 0.398 e. The Kier molecular flexibility index (Phi) is 2.48. The van der Waals surface area contributed by atoms with Crippen LogP contribution in [-0.2, 0) is 0 Å². The first-order valence-corrected chi connectivity index (χ1v) is 3.94. The highest BCUT2D eigenvalue weighted by Gasteiger charge is 1.98. The van der Waals surface area contributed by atoms with E-state index in [1.54, 1.807) is 13.3 Å². The van der Waals surface area contributed by atoms with Gasteiger partial charge in [0.1, 0.15) is 0 Å². The second-order valence-electron chi connectivity index (χ2n) is 2.95. The lowest BCUT2D eigenvalue weighted by Gasteiger charge is -2.04. The molecule has 0 fully saturated rings. The molecule has 0 amide bonds. The van der Waals surface area contributed by atoms with Crippen LogP contribution in [0.5, 0.6) is 0 Å². The molecule has 2 heteroatoms. The van der Waals surface area contributed by atoms with Crippen molar-refractivity contribution in [1.29, 1.82) is 0 Å². The summed E-state index contributed by atoms with van der Waals surface area (Å²) in [4.78, 5) is 3.93. The molecule has 64 valence electrons. The Morgan fingerprint density at radius 3 is 2.42 bits per heavy atom. The molecule has 0 unspecified atom stereocenters. The first kappa shape index (κ1) is 8.78. The van der Waals surface area contributed by atoms with Gasteiger partial charge in [-0.05, 0) is 37.1 Å². The molecule has 0 aliphatic rings. The van der Waals surface area contributed by atoms with Crippen LogP contribution in [0.25, 0.3) is 0 Å². The van der Waals surface area contributed by atoms with Gasteiger partial charge in [-0.1, -0.05) is 0 Å². The number of nitrogens with zero attached hydrogens (tertiary/aromatic N) is 1. The van der Waals surface area contributed by atoms with Gasteiger partial charge in [0.15, 0.2) is 0 Å². The Hall–Kier alpha value is -1.31. The summed E-state index contributed by atoms with van der Waals surface area (Å²) in [7, 11) is 1.74. The van der Waals surface area contributed by atoms with E-state index in [9.17, 15) is 0 Å². The molecule has 0 radical (unpaired) electrons. The third kappa shape index (κ3) is 1.64. The number of benzene rings is 1. The molecule has 0 bridgehead atoms. The second kappa shape index (κ2) is 3.39. The average molecular weight is 162 g/mol. The minimum absolute atomic E-state index is 0.795. The van der Waals surface area contributed by atoms with E-state index in [4.69, 9.17) is 5.73 Å². The zero-order chi connectivity index (χ0) is 9.14. The molecular formula is C10H14N2. The van der Waals surface area contributed by atoms with E-state index in [1.807, 2.05) is 6.07 Å². The summed E-state index contributed by atoms with van der Waals surface area (Å²) in [6, 6.07) is 4.03. The van der Waals surface area contributed by atoms with E-state index in [2.05, 4.69) is 24.9 Å². The van der Waals surface area contributed by atoms with Crippen LogP contribution in [0.15, 0.2) is 17.1 Å². The van der Waals surface area contributed by atoms with Crippen LogP contribution < -0.4 is 5.73 Å². The second-order valence-corrected chi connectivity index (χ2v) is 2.95. The molecule has 1 aromatic rings. The molecule has 0 aliphatic heterocycles. The molecule has 0 aromatic heterocycles. The van der Waals surface area contributed by atoms with Crippen molar-refractivity contribution in [3.8, 4) is 0 Å². The van der Waals surface area contributed by atoms with E-state index in [0.717, 1.165) is 11.3 Å². The molecule has 0 atom stereocenters. The molecule has 0 aliphatic carbocycles. The third-order valence-electron chi connectivity index (χ3n) is 1.97. The van der Waals surface area contributed by atoms with Crippen LogP contribution in [0.4, 0.5) is 5.69 Å². The van der Waals surface area contributed by atoms with E-state index in [-0.39, 0.29) is 0 Å². The highest BCUT2D eigenvalue weighted by Crippen LogP contribution is 2.15. The SMILES string of the molecule is CN=Cc1cc(C)c(C)cc1N. The summed E-state index contributed by atoms with van der Waals surface area (Å²) >= 11 is 0. The summed E-state index contributed by atoms with van der Waals surface area (Å²) in [5, 5.41) is 0. The zero-order valence-corrected chi connectivity index (χ0v) is 7.76. The summed E-state index contributed by atoms with van der Waals surface area (Å²) in [6.45, 7) is 4.13. The number of aliphatic imine (C=N–C) groups is 1. The maximum absolute atomic E-state index is 5.79. The zero-order valence-electron chi connectivity index (χ0n) is 7.76. The number of nitrogens with two attached hydrogens (primary N) is 1. The molecule has 2 nitrogen and oxygen atoms in total. The van der Waals surface area contributed by atoms with Crippen LogP contribution in [0.3, 0.4) is 0 Å².